The van der Waals surface area contributed by atoms with Crippen LogP contribution in [0.15, 0.2) is 60.7 Å². The molecule has 0 fully saturated rings. The van der Waals surface area contributed by atoms with Gasteiger partial charge in [0.05, 0.1) is 0 Å². The van der Waals surface area contributed by atoms with E-state index in [-0.39, 0.29) is 0 Å². The van der Waals surface area contributed by atoms with E-state index in [4.69, 9.17) is 0 Å². The van der Waals surface area contributed by atoms with Crippen molar-refractivity contribution >= 4 is 65.7 Å². The third-order valence-corrected chi connectivity index (χ3v) is 5.27. The van der Waals surface area contributed by atoms with Crippen LogP contribution >= 0.6 is 22.6 Å². The fraction of sp³-hybridized carbons (Fsp3) is 0.0476. The molecule has 0 spiro atoms. The first-order valence-electron chi connectivity index (χ1n) is 7.49. The summed E-state index contributed by atoms with van der Waals surface area (Å²) in [5, 5.41) is 11.0. The van der Waals surface area contributed by atoms with Gasteiger partial charge in [-0.2, -0.15) is 0 Å². The van der Waals surface area contributed by atoms with Crippen molar-refractivity contribution in [3.63, 3.8) is 0 Å². The van der Waals surface area contributed by atoms with Gasteiger partial charge in [0.2, 0.25) is 0 Å². The Morgan fingerprint density at radius 3 is 1.91 bits per heavy atom. The predicted octanol–water partition coefficient (Wildman–Crippen LogP) is 6.65. The molecule has 0 aromatic heterocycles. The molecule has 0 aliphatic carbocycles. The van der Waals surface area contributed by atoms with Crippen molar-refractivity contribution in [1.29, 1.82) is 0 Å². The third-order valence-electron chi connectivity index (χ3n) is 4.64. The molecule has 0 N–H and O–H groups in total. The smallest absolute Gasteiger partial charge is 0.0142 e. The van der Waals surface area contributed by atoms with Crippen LogP contribution in [-0.2, 0) is 0 Å². The largest absolute Gasteiger partial charge is 0.0610 e. The molecular formula is C21H13I. The van der Waals surface area contributed by atoms with Crippen LogP contribution in [0.5, 0.6) is 0 Å². The summed E-state index contributed by atoms with van der Waals surface area (Å²) in [6.07, 6.45) is 0. The zero-order valence-corrected chi connectivity index (χ0v) is 14.3. The lowest BCUT2D eigenvalue weighted by Gasteiger charge is -2.15. The van der Waals surface area contributed by atoms with Crippen molar-refractivity contribution in [1.82, 2.24) is 0 Å². The Morgan fingerprint density at radius 1 is 0.636 bits per heavy atom. The monoisotopic (exact) mass is 392 g/mol. The molecule has 0 bridgehead atoms. The van der Waals surface area contributed by atoms with Crippen molar-refractivity contribution < 1.29 is 0 Å². The Hall–Kier alpha value is -1.87. The van der Waals surface area contributed by atoms with Gasteiger partial charge < -0.3 is 0 Å². The molecular weight excluding hydrogens is 379 g/mol. The van der Waals surface area contributed by atoms with E-state index in [1.165, 1.54) is 52.2 Å². The minimum Gasteiger partial charge on any atom is -0.0610 e. The van der Waals surface area contributed by atoms with E-state index < -0.39 is 0 Å². The number of aryl methyl sites for hydroxylation is 1. The molecule has 0 saturated carbocycles. The van der Waals surface area contributed by atoms with Gasteiger partial charge in [-0.05, 0) is 90.3 Å². The van der Waals surface area contributed by atoms with Crippen LogP contribution in [0.3, 0.4) is 0 Å². The summed E-state index contributed by atoms with van der Waals surface area (Å²) in [6.45, 7) is 2.19. The molecule has 0 heterocycles. The zero-order chi connectivity index (χ0) is 14.8. The highest BCUT2D eigenvalue weighted by Crippen LogP contribution is 2.41. The van der Waals surface area contributed by atoms with Gasteiger partial charge in [0.25, 0.3) is 0 Å². The van der Waals surface area contributed by atoms with Gasteiger partial charge in [0.15, 0.2) is 0 Å². The number of rotatable bonds is 0. The van der Waals surface area contributed by atoms with Crippen molar-refractivity contribution in [2.75, 3.05) is 0 Å². The molecule has 0 saturated heterocycles. The fourth-order valence-corrected chi connectivity index (χ4v) is 4.49. The van der Waals surface area contributed by atoms with Crippen LogP contribution in [0.1, 0.15) is 5.56 Å². The second kappa shape index (κ2) is 4.32. The summed E-state index contributed by atoms with van der Waals surface area (Å²) in [5.41, 5.74) is 1.32. The maximum absolute atomic E-state index is 2.43. The molecule has 1 heteroatoms. The Labute approximate surface area is 142 Å². The first-order chi connectivity index (χ1) is 10.7. The standard InChI is InChI=1S/C21H13I/c1-12-8-13-4-2-7-17-19-11-15(22)10-14-5-3-6-16(21(14)19)18(9-12)20(13)17/h2-11H,1H3. The lowest BCUT2D eigenvalue weighted by Crippen LogP contribution is -1.88. The predicted molar refractivity (Wildman–Crippen MR) is 105 cm³/mol. The maximum atomic E-state index is 2.43. The van der Waals surface area contributed by atoms with Gasteiger partial charge in [0, 0.05) is 3.57 Å². The maximum Gasteiger partial charge on any atom is 0.0142 e. The lowest BCUT2D eigenvalue weighted by atomic mass is 9.89. The molecule has 22 heavy (non-hydrogen) atoms. The Bertz CT molecular complexity index is 1090. The normalized spacial score (nSPS) is 12.1. The number of benzene rings is 5. The lowest BCUT2D eigenvalue weighted by molar-refractivity contribution is 1.53. The second-order valence-electron chi connectivity index (χ2n) is 6.07. The third kappa shape index (κ3) is 1.57. The minimum atomic E-state index is 1.30. The zero-order valence-electron chi connectivity index (χ0n) is 12.2. The van der Waals surface area contributed by atoms with E-state index in [0.29, 0.717) is 0 Å². The Morgan fingerprint density at radius 2 is 1.23 bits per heavy atom. The van der Waals surface area contributed by atoms with E-state index in [9.17, 15) is 0 Å². The summed E-state index contributed by atoms with van der Waals surface area (Å²) in [5.74, 6) is 0. The number of fused-ring (bicyclic) bond motifs is 2. The molecule has 5 aromatic rings. The highest BCUT2D eigenvalue weighted by Gasteiger charge is 2.13. The summed E-state index contributed by atoms with van der Waals surface area (Å²) in [7, 11) is 0. The summed E-state index contributed by atoms with van der Waals surface area (Å²) in [4.78, 5) is 0. The van der Waals surface area contributed by atoms with E-state index in [0.717, 1.165) is 0 Å². The van der Waals surface area contributed by atoms with Gasteiger partial charge in [-0.15, -0.1) is 0 Å². The summed E-state index contributed by atoms with van der Waals surface area (Å²) in [6, 6.07) is 22.6. The SMILES string of the molecule is Cc1cc2cccc3c4cc(I)cc5cccc(c(c1)c23)c54. The van der Waals surface area contributed by atoms with Gasteiger partial charge in [0.1, 0.15) is 0 Å². The topological polar surface area (TPSA) is 0 Å². The van der Waals surface area contributed by atoms with Gasteiger partial charge in [-0.25, -0.2) is 0 Å². The molecule has 5 rings (SSSR count). The van der Waals surface area contributed by atoms with Gasteiger partial charge >= 0.3 is 0 Å². The minimum absolute atomic E-state index is 1.30. The number of hydrogen-bond acceptors (Lipinski definition) is 0. The van der Waals surface area contributed by atoms with Crippen LogP contribution in [0.25, 0.3) is 43.1 Å². The molecule has 5 aromatic carbocycles. The van der Waals surface area contributed by atoms with Crippen molar-refractivity contribution in [3.05, 3.63) is 69.8 Å². The van der Waals surface area contributed by atoms with Crippen molar-refractivity contribution in [2.45, 2.75) is 6.92 Å². The van der Waals surface area contributed by atoms with Crippen LogP contribution < -0.4 is 0 Å². The van der Waals surface area contributed by atoms with E-state index in [1.807, 2.05) is 0 Å². The molecule has 0 unspecified atom stereocenters. The van der Waals surface area contributed by atoms with Crippen molar-refractivity contribution in [2.24, 2.45) is 0 Å². The molecule has 0 atom stereocenters. The molecule has 0 aliphatic rings. The number of hydrogen-bond donors (Lipinski definition) is 0. The molecule has 0 aliphatic heterocycles. The first kappa shape index (κ1) is 12.7. The highest BCUT2D eigenvalue weighted by molar-refractivity contribution is 14.1. The average molecular weight is 392 g/mol. The quantitative estimate of drug-likeness (QED) is 0.157. The molecule has 0 nitrogen and oxygen atoms in total. The van der Waals surface area contributed by atoms with Crippen LogP contribution in [0.4, 0.5) is 0 Å². The van der Waals surface area contributed by atoms with E-state index in [1.54, 1.807) is 0 Å². The highest BCUT2D eigenvalue weighted by atomic mass is 127. The summed E-state index contributed by atoms with van der Waals surface area (Å²) >= 11 is 2.43. The van der Waals surface area contributed by atoms with Gasteiger partial charge in [-0.3, -0.25) is 0 Å². The van der Waals surface area contributed by atoms with Gasteiger partial charge in [-0.1, -0.05) is 48.5 Å². The van der Waals surface area contributed by atoms with Crippen LogP contribution in [0.2, 0.25) is 0 Å². The van der Waals surface area contributed by atoms with E-state index in [2.05, 4.69) is 90.2 Å². The molecule has 104 valence electrons. The molecule has 0 radical (unpaired) electrons. The Kier molecular flexibility index (Phi) is 2.49. The Balaban J connectivity index is 2.28. The number of halogens is 1. The van der Waals surface area contributed by atoms with Crippen LogP contribution in [-0.4, -0.2) is 0 Å². The van der Waals surface area contributed by atoms with Crippen molar-refractivity contribution in [3.8, 4) is 0 Å². The second-order valence-corrected chi connectivity index (χ2v) is 7.32. The van der Waals surface area contributed by atoms with E-state index >= 15 is 0 Å². The molecule has 0 amide bonds. The van der Waals surface area contributed by atoms with Crippen LogP contribution in [0, 0.1) is 10.5 Å². The summed E-state index contributed by atoms with van der Waals surface area (Å²) < 4.78 is 1.30. The average Bonchev–Trinajstić information content (AvgIpc) is 2.51. The first-order valence-corrected chi connectivity index (χ1v) is 8.57. The fourth-order valence-electron chi connectivity index (χ4n) is 3.84.